The molecule has 1 unspecified atom stereocenters. The molecular weight excluding hydrogens is 225 g/mol. The van der Waals surface area contributed by atoms with E-state index in [2.05, 4.69) is 49.9 Å². The Morgan fingerprint density at radius 2 is 2.00 bits per heavy atom. The van der Waals surface area contributed by atoms with Gasteiger partial charge < -0.3 is 0 Å². The van der Waals surface area contributed by atoms with Crippen LogP contribution in [0, 0.1) is 0 Å². The fourth-order valence-electron chi connectivity index (χ4n) is 1.90. The summed E-state index contributed by atoms with van der Waals surface area (Å²) >= 11 is 0.640. The van der Waals surface area contributed by atoms with Crippen LogP contribution in [0.4, 0.5) is 5.69 Å². The Balaban J connectivity index is 2.40. The normalized spacial score (nSPS) is 20.9. The summed E-state index contributed by atoms with van der Waals surface area (Å²) in [6, 6.07) is 9.44. The molecule has 0 saturated carbocycles. The summed E-state index contributed by atoms with van der Waals surface area (Å²) in [7, 11) is 0. The Kier molecular flexibility index (Phi) is 2.35. The maximum atomic E-state index is 2.54. The van der Waals surface area contributed by atoms with Crippen LogP contribution < -0.4 is 9.36 Å². The van der Waals surface area contributed by atoms with Gasteiger partial charge >= 0.3 is 86.0 Å². The van der Waals surface area contributed by atoms with Crippen molar-refractivity contribution in [1.29, 1.82) is 0 Å². The van der Waals surface area contributed by atoms with E-state index in [1.54, 1.807) is 4.46 Å². The van der Waals surface area contributed by atoms with Gasteiger partial charge in [-0.15, -0.1) is 0 Å². The van der Waals surface area contributed by atoms with Crippen molar-refractivity contribution in [3.8, 4) is 0 Å². The summed E-state index contributed by atoms with van der Waals surface area (Å²) in [6.07, 6.45) is 0. The number of anilines is 1. The van der Waals surface area contributed by atoms with Crippen LogP contribution in [0.15, 0.2) is 24.3 Å². The van der Waals surface area contributed by atoms with Gasteiger partial charge in [-0.3, -0.25) is 0 Å². The molecule has 1 aromatic rings. The van der Waals surface area contributed by atoms with E-state index >= 15 is 0 Å². The monoisotopic (exact) mass is 241 g/mol. The molecule has 1 atom stereocenters. The molecule has 0 bridgehead atoms. The van der Waals surface area contributed by atoms with Crippen LogP contribution in [0.1, 0.15) is 20.8 Å². The summed E-state index contributed by atoms with van der Waals surface area (Å²) in [5.41, 5.74) is 1.46. The molecule has 70 valence electrons. The Labute approximate surface area is 86.3 Å². The standard InChI is InChI=1S/C11H15NSe/c1-8(2)12-9(3)13-11-7-5-4-6-10(11)12/h4-9H,1-3H3. The number of fused-ring (bicyclic) bond motifs is 1. The van der Waals surface area contributed by atoms with Gasteiger partial charge in [0.15, 0.2) is 0 Å². The minimum atomic E-state index is 0.625. The Morgan fingerprint density at radius 1 is 1.31 bits per heavy atom. The first-order valence-corrected chi connectivity index (χ1v) is 6.58. The molecule has 2 heteroatoms. The third-order valence-corrected chi connectivity index (χ3v) is 4.84. The minimum absolute atomic E-state index is 0.625. The van der Waals surface area contributed by atoms with E-state index in [1.807, 2.05) is 0 Å². The molecule has 1 heterocycles. The molecule has 0 saturated heterocycles. The fraction of sp³-hybridized carbons (Fsp3) is 0.455. The van der Waals surface area contributed by atoms with Crippen molar-refractivity contribution in [2.24, 2.45) is 0 Å². The third-order valence-electron chi connectivity index (χ3n) is 2.39. The SMILES string of the molecule is CC(C)N1c2ccccc2[Se]C1C. The van der Waals surface area contributed by atoms with Gasteiger partial charge in [-0.05, 0) is 0 Å². The van der Waals surface area contributed by atoms with E-state index in [0.717, 1.165) is 4.94 Å². The van der Waals surface area contributed by atoms with E-state index in [9.17, 15) is 0 Å². The van der Waals surface area contributed by atoms with Crippen molar-refractivity contribution in [1.82, 2.24) is 0 Å². The summed E-state index contributed by atoms with van der Waals surface area (Å²) in [5.74, 6) is 0. The molecule has 0 aromatic heterocycles. The summed E-state index contributed by atoms with van der Waals surface area (Å²) in [4.78, 5) is 3.26. The second-order valence-corrected chi connectivity index (χ2v) is 6.53. The van der Waals surface area contributed by atoms with Gasteiger partial charge in [0.1, 0.15) is 0 Å². The predicted octanol–water partition coefficient (Wildman–Crippen LogP) is 1.59. The zero-order chi connectivity index (χ0) is 9.42. The van der Waals surface area contributed by atoms with Crippen LogP contribution in [0.25, 0.3) is 0 Å². The number of hydrogen-bond donors (Lipinski definition) is 0. The van der Waals surface area contributed by atoms with E-state index in [1.165, 1.54) is 5.69 Å². The van der Waals surface area contributed by atoms with E-state index in [-0.39, 0.29) is 0 Å². The van der Waals surface area contributed by atoms with Crippen LogP contribution in [-0.2, 0) is 0 Å². The molecule has 1 aliphatic heterocycles. The van der Waals surface area contributed by atoms with Gasteiger partial charge in [0.05, 0.1) is 0 Å². The van der Waals surface area contributed by atoms with Crippen LogP contribution in [0.5, 0.6) is 0 Å². The van der Waals surface area contributed by atoms with Crippen molar-refractivity contribution < 1.29 is 0 Å². The molecule has 0 spiro atoms. The molecule has 1 aliphatic rings. The topological polar surface area (TPSA) is 3.24 Å². The van der Waals surface area contributed by atoms with E-state index in [4.69, 9.17) is 0 Å². The Morgan fingerprint density at radius 3 is 2.69 bits per heavy atom. The third kappa shape index (κ3) is 1.49. The molecule has 0 N–H and O–H groups in total. The molecule has 1 nitrogen and oxygen atoms in total. The van der Waals surface area contributed by atoms with Crippen molar-refractivity contribution in [3.63, 3.8) is 0 Å². The van der Waals surface area contributed by atoms with Crippen molar-refractivity contribution in [2.45, 2.75) is 31.8 Å². The number of para-hydroxylation sites is 1. The number of rotatable bonds is 1. The van der Waals surface area contributed by atoms with Crippen molar-refractivity contribution in [2.75, 3.05) is 4.90 Å². The second-order valence-electron chi connectivity index (χ2n) is 3.69. The Bertz CT molecular complexity index is 309. The summed E-state index contributed by atoms with van der Waals surface area (Å²) in [5, 5.41) is 0. The van der Waals surface area contributed by atoms with Gasteiger partial charge in [0.25, 0.3) is 0 Å². The molecule has 0 aliphatic carbocycles. The van der Waals surface area contributed by atoms with Gasteiger partial charge in [0.2, 0.25) is 0 Å². The van der Waals surface area contributed by atoms with Crippen LogP contribution >= 0.6 is 0 Å². The molecule has 2 rings (SSSR count). The first-order valence-electron chi connectivity index (χ1n) is 4.74. The van der Waals surface area contributed by atoms with E-state index < -0.39 is 0 Å². The van der Waals surface area contributed by atoms with Gasteiger partial charge in [0, 0.05) is 0 Å². The second kappa shape index (κ2) is 3.36. The van der Waals surface area contributed by atoms with E-state index in [0.29, 0.717) is 21.0 Å². The summed E-state index contributed by atoms with van der Waals surface area (Å²) < 4.78 is 1.57. The number of nitrogens with zero attached hydrogens (tertiary/aromatic N) is 1. The molecular formula is C11H15NSe. The van der Waals surface area contributed by atoms with Crippen LogP contribution in [0.2, 0.25) is 0 Å². The van der Waals surface area contributed by atoms with Crippen LogP contribution in [-0.4, -0.2) is 25.9 Å². The molecule has 0 fully saturated rings. The average molecular weight is 240 g/mol. The quantitative estimate of drug-likeness (QED) is 0.674. The first-order chi connectivity index (χ1) is 6.20. The van der Waals surface area contributed by atoms with Crippen molar-refractivity contribution in [3.05, 3.63) is 24.3 Å². The molecule has 1 aromatic carbocycles. The predicted molar refractivity (Wildman–Crippen MR) is 58.9 cm³/mol. The average Bonchev–Trinajstić information content (AvgIpc) is 2.39. The molecule has 0 radical (unpaired) electrons. The first kappa shape index (κ1) is 9.11. The zero-order valence-corrected chi connectivity index (χ0v) is 10.0. The Hall–Kier alpha value is -0.461. The van der Waals surface area contributed by atoms with Crippen molar-refractivity contribution >= 4 is 25.1 Å². The molecule has 0 amide bonds. The number of benzene rings is 1. The fourth-order valence-corrected chi connectivity index (χ4v) is 4.61. The maximum absolute atomic E-state index is 2.54. The van der Waals surface area contributed by atoms with Gasteiger partial charge in [-0.25, -0.2) is 0 Å². The van der Waals surface area contributed by atoms with Crippen LogP contribution in [0.3, 0.4) is 0 Å². The zero-order valence-electron chi connectivity index (χ0n) is 8.32. The number of hydrogen-bond acceptors (Lipinski definition) is 1. The molecule has 13 heavy (non-hydrogen) atoms. The summed E-state index contributed by atoms with van der Waals surface area (Å²) in [6.45, 7) is 6.88. The van der Waals surface area contributed by atoms with Gasteiger partial charge in [-0.1, -0.05) is 0 Å². The van der Waals surface area contributed by atoms with Gasteiger partial charge in [-0.2, -0.15) is 0 Å².